The maximum absolute atomic E-state index is 8.68. The SMILES string of the molecule is NCC(O)CCS. The Morgan fingerprint density at radius 3 is 2.43 bits per heavy atom. The molecule has 0 radical (unpaired) electrons. The minimum atomic E-state index is -0.350. The monoisotopic (exact) mass is 121 g/mol. The minimum absolute atomic E-state index is 0.348. The van der Waals surface area contributed by atoms with Crippen LogP contribution in [0.15, 0.2) is 0 Å². The molecule has 0 bridgehead atoms. The predicted molar refractivity (Wildman–Crippen MR) is 33.5 cm³/mol. The first-order chi connectivity index (χ1) is 3.31. The van der Waals surface area contributed by atoms with Crippen LogP contribution in [0.3, 0.4) is 0 Å². The van der Waals surface area contributed by atoms with Gasteiger partial charge < -0.3 is 10.8 Å². The van der Waals surface area contributed by atoms with Gasteiger partial charge in [0.15, 0.2) is 0 Å². The molecule has 0 aliphatic carbocycles. The average Bonchev–Trinajstić information content (AvgIpc) is 1.68. The van der Waals surface area contributed by atoms with Crippen molar-refractivity contribution < 1.29 is 5.11 Å². The van der Waals surface area contributed by atoms with Gasteiger partial charge in [-0.25, -0.2) is 0 Å². The molecule has 0 saturated heterocycles. The van der Waals surface area contributed by atoms with Crippen molar-refractivity contribution in [2.24, 2.45) is 5.73 Å². The van der Waals surface area contributed by atoms with Gasteiger partial charge in [-0.15, -0.1) is 0 Å². The zero-order valence-corrected chi connectivity index (χ0v) is 5.06. The lowest BCUT2D eigenvalue weighted by molar-refractivity contribution is 0.180. The van der Waals surface area contributed by atoms with Crippen LogP contribution in [-0.4, -0.2) is 23.5 Å². The van der Waals surface area contributed by atoms with Crippen LogP contribution in [0.1, 0.15) is 6.42 Å². The summed E-state index contributed by atoms with van der Waals surface area (Å²) in [5, 5.41) is 8.68. The Hall–Kier alpha value is 0.270. The largest absolute Gasteiger partial charge is 0.392 e. The molecule has 0 aliphatic heterocycles. The summed E-state index contributed by atoms with van der Waals surface area (Å²) in [4.78, 5) is 0. The number of rotatable bonds is 3. The fourth-order valence-corrected chi connectivity index (χ4v) is 0.565. The van der Waals surface area contributed by atoms with Crippen LogP contribution >= 0.6 is 12.6 Å². The first-order valence-electron chi connectivity index (χ1n) is 2.30. The fourth-order valence-electron chi connectivity index (χ4n) is 0.267. The van der Waals surface area contributed by atoms with Crippen molar-refractivity contribution >= 4 is 12.6 Å². The summed E-state index contributed by atoms with van der Waals surface area (Å²) in [6.07, 6.45) is 0.345. The standard InChI is InChI=1S/C4H11NOS/c5-3-4(6)1-2-7/h4,6-7H,1-3,5H2. The summed E-state index contributed by atoms with van der Waals surface area (Å²) in [5.74, 6) is 0.707. The molecule has 3 heteroatoms. The summed E-state index contributed by atoms with van der Waals surface area (Å²) < 4.78 is 0. The number of thiol groups is 1. The second-order valence-corrected chi connectivity index (χ2v) is 1.85. The van der Waals surface area contributed by atoms with Gasteiger partial charge in [-0.1, -0.05) is 0 Å². The van der Waals surface area contributed by atoms with Gasteiger partial charge >= 0.3 is 0 Å². The molecule has 2 nitrogen and oxygen atoms in total. The maximum atomic E-state index is 8.68. The Bertz CT molecular complexity index is 42.7. The predicted octanol–water partition coefficient (Wildman–Crippen LogP) is -0.374. The lowest BCUT2D eigenvalue weighted by Crippen LogP contribution is -2.19. The molecule has 0 aliphatic rings. The molecule has 0 spiro atoms. The Morgan fingerprint density at radius 2 is 2.29 bits per heavy atom. The van der Waals surface area contributed by atoms with Crippen molar-refractivity contribution in [3.05, 3.63) is 0 Å². The van der Waals surface area contributed by atoms with Gasteiger partial charge in [0.25, 0.3) is 0 Å². The molecule has 7 heavy (non-hydrogen) atoms. The first-order valence-corrected chi connectivity index (χ1v) is 2.93. The van der Waals surface area contributed by atoms with E-state index in [2.05, 4.69) is 12.6 Å². The molecule has 0 aromatic rings. The Kier molecular flexibility index (Phi) is 4.60. The van der Waals surface area contributed by atoms with Crippen molar-refractivity contribution in [2.45, 2.75) is 12.5 Å². The van der Waals surface area contributed by atoms with Gasteiger partial charge in [0.05, 0.1) is 6.10 Å². The van der Waals surface area contributed by atoms with Gasteiger partial charge in [0, 0.05) is 6.54 Å². The zero-order valence-electron chi connectivity index (χ0n) is 4.17. The summed E-state index contributed by atoms with van der Waals surface area (Å²) >= 11 is 3.90. The topological polar surface area (TPSA) is 46.2 Å². The highest BCUT2D eigenvalue weighted by Crippen LogP contribution is 1.88. The Labute approximate surface area is 49.1 Å². The minimum Gasteiger partial charge on any atom is -0.392 e. The summed E-state index contributed by atoms with van der Waals surface area (Å²) in [7, 11) is 0. The van der Waals surface area contributed by atoms with Crippen LogP contribution in [-0.2, 0) is 0 Å². The van der Waals surface area contributed by atoms with Gasteiger partial charge in [-0.3, -0.25) is 0 Å². The van der Waals surface area contributed by atoms with Gasteiger partial charge in [-0.05, 0) is 12.2 Å². The molecular weight excluding hydrogens is 110 g/mol. The molecule has 0 amide bonds. The average molecular weight is 121 g/mol. The van der Waals surface area contributed by atoms with Crippen molar-refractivity contribution in [1.29, 1.82) is 0 Å². The van der Waals surface area contributed by atoms with Crippen LogP contribution in [0.5, 0.6) is 0 Å². The molecule has 44 valence electrons. The molecule has 0 aromatic carbocycles. The van der Waals surface area contributed by atoms with E-state index in [1.165, 1.54) is 0 Å². The van der Waals surface area contributed by atoms with E-state index in [-0.39, 0.29) is 6.10 Å². The summed E-state index contributed by atoms with van der Waals surface area (Å²) in [5.41, 5.74) is 5.07. The van der Waals surface area contributed by atoms with E-state index in [4.69, 9.17) is 10.8 Å². The van der Waals surface area contributed by atoms with Crippen LogP contribution in [0.25, 0.3) is 0 Å². The quantitative estimate of drug-likeness (QED) is 0.446. The van der Waals surface area contributed by atoms with Crippen LogP contribution in [0, 0.1) is 0 Å². The highest BCUT2D eigenvalue weighted by Gasteiger charge is 1.95. The smallest absolute Gasteiger partial charge is 0.0670 e. The molecule has 0 rings (SSSR count). The second kappa shape index (κ2) is 4.43. The van der Waals surface area contributed by atoms with Crippen molar-refractivity contribution in [2.75, 3.05) is 12.3 Å². The van der Waals surface area contributed by atoms with Crippen LogP contribution in [0.4, 0.5) is 0 Å². The third-order valence-corrected chi connectivity index (χ3v) is 0.993. The molecule has 0 heterocycles. The van der Waals surface area contributed by atoms with E-state index in [1.807, 2.05) is 0 Å². The van der Waals surface area contributed by atoms with E-state index in [9.17, 15) is 0 Å². The number of hydrogen-bond acceptors (Lipinski definition) is 3. The van der Waals surface area contributed by atoms with Gasteiger partial charge in [0.2, 0.25) is 0 Å². The highest BCUT2D eigenvalue weighted by molar-refractivity contribution is 7.80. The summed E-state index contributed by atoms with van der Waals surface area (Å²) in [6.45, 7) is 0.348. The molecule has 1 atom stereocenters. The van der Waals surface area contributed by atoms with E-state index in [0.29, 0.717) is 18.7 Å². The van der Waals surface area contributed by atoms with Crippen molar-refractivity contribution in [3.63, 3.8) is 0 Å². The van der Waals surface area contributed by atoms with E-state index in [1.54, 1.807) is 0 Å². The Morgan fingerprint density at radius 1 is 1.71 bits per heavy atom. The number of nitrogens with two attached hydrogens (primary N) is 1. The number of hydrogen-bond donors (Lipinski definition) is 3. The summed E-state index contributed by atoms with van der Waals surface area (Å²) in [6, 6.07) is 0. The first kappa shape index (κ1) is 7.27. The molecule has 0 aromatic heterocycles. The van der Waals surface area contributed by atoms with Crippen LogP contribution < -0.4 is 5.73 Å². The van der Waals surface area contributed by atoms with E-state index < -0.39 is 0 Å². The fraction of sp³-hybridized carbons (Fsp3) is 1.00. The molecule has 1 unspecified atom stereocenters. The van der Waals surface area contributed by atoms with E-state index in [0.717, 1.165) is 0 Å². The molecule has 0 saturated carbocycles. The van der Waals surface area contributed by atoms with Crippen molar-refractivity contribution in [1.82, 2.24) is 0 Å². The lowest BCUT2D eigenvalue weighted by atomic mass is 10.3. The highest BCUT2D eigenvalue weighted by atomic mass is 32.1. The number of aliphatic hydroxyl groups excluding tert-OH is 1. The number of aliphatic hydroxyl groups is 1. The van der Waals surface area contributed by atoms with E-state index >= 15 is 0 Å². The Balaban J connectivity index is 2.83. The normalized spacial score (nSPS) is 14.1. The van der Waals surface area contributed by atoms with Gasteiger partial charge in [0.1, 0.15) is 0 Å². The second-order valence-electron chi connectivity index (χ2n) is 1.40. The van der Waals surface area contributed by atoms with Crippen LogP contribution in [0.2, 0.25) is 0 Å². The third-order valence-electron chi connectivity index (χ3n) is 0.734. The molecule has 3 N–H and O–H groups in total. The third kappa shape index (κ3) is 4.12. The van der Waals surface area contributed by atoms with Crippen molar-refractivity contribution in [3.8, 4) is 0 Å². The lowest BCUT2D eigenvalue weighted by Gasteiger charge is -2.01. The van der Waals surface area contributed by atoms with Gasteiger partial charge in [-0.2, -0.15) is 12.6 Å². The zero-order chi connectivity index (χ0) is 5.70. The molecule has 0 fully saturated rings. The maximum Gasteiger partial charge on any atom is 0.0670 e. The molecular formula is C4H11NOS.